The van der Waals surface area contributed by atoms with Crippen molar-refractivity contribution in [3.63, 3.8) is 0 Å². The van der Waals surface area contributed by atoms with E-state index in [1.54, 1.807) is 0 Å². The third-order valence-corrected chi connectivity index (χ3v) is 1.32. The first-order chi connectivity index (χ1) is 6.07. The van der Waals surface area contributed by atoms with E-state index >= 15 is 0 Å². The van der Waals surface area contributed by atoms with Crippen molar-refractivity contribution in [2.45, 2.75) is 18.9 Å². The molecule has 0 rings (SSSR count). The number of carboxylic acids is 1. The number of hydrogen-bond acceptors (Lipinski definition) is 4. The summed E-state index contributed by atoms with van der Waals surface area (Å²) in [7, 11) is 0. The van der Waals surface area contributed by atoms with Gasteiger partial charge in [-0.05, 0) is 6.42 Å². The van der Waals surface area contributed by atoms with E-state index in [2.05, 4.69) is 11.3 Å². The second-order valence-corrected chi connectivity index (χ2v) is 2.46. The fourth-order valence-electron chi connectivity index (χ4n) is 0.645. The molecule has 0 aliphatic rings. The SMILES string of the molecule is C=CCOC(=O)C(N)CCC(=O)O. The third kappa shape index (κ3) is 5.86. The van der Waals surface area contributed by atoms with Crippen molar-refractivity contribution in [2.24, 2.45) is 5.73 Å². The Labute approximate surface area is 76.2 Å². The van der Waals surface area contributed by atoms with E-state index in [1.807, 2.05) is 0 Å². The predicted octanol–water partition coefficient (Wildman–Crippen LogP) is -0.0923. The monoisotopic (exact) mass is 187 g/mol. The summed E-state index contributed by atoms with van der Waals surface area (Å²) in [6.07, 6.45) is 1.37. The Morgan fingerprint density at radius 1 is 1.62 bits per heavy atom. The number of carbonyl (C=O) groups is 2. The van der Waals surface area contributed by atoms with Crippen LogP contribution in [0.4, 0.5) is 0 Å². The molecule has 0 aromatic rings. The highest BCUT2D eigenvalue weighted by Crippen LogP contribution is 1.97. The van der Waals surface area contributed by atoms with E-state index in [0.717, 1.165) is 0 Å². The molecule has 1 atom stereocenters. The lowest BCUT2D eigenvalue weighted by molar-refractivity contribution is -0.144. The summed E-state index contributed by atoms with van der Waals surface area (Å²) in [6, 6.07) is -0.865. The predicted molar refractivity (Wildman–Crippen MR) is 46.0 cm³/mol. The average molecular weight is 187 g/mol. The summed E-state index contributed by atoms with van der Waals surface area (Å²) in [4.78, 5) is 21.0. The number of carboxylic acid groups (broad SMARTS) is 1. The van der Waals surface area contributed by atoms with Gasteiger partial charge >= 0.3 is 11.9 Å². The van der Waals surface area contributed by atoms with Gasteiger partial charge in [0.15, 0.2) is 0 Å². The van der Waals surface area contributed by atoms with Crippen LogP contribution in [0, 0.1) is 0 Å². The molecule has 0 radical (unpaired) electrons. The van der Waals surface area contributed by atoms with E-state index in [1.165, 1.54) is 6.08 Å². The lowest BCUT2D eigenvalue weighted by Crippen LogP contribution is -2.32. The minimum absolute atomic E-state index is 0.0886. The van der Waals surface area contributed by atoms with Crippen molar-refractivity contribution in [3.8, 4) is 0 Å². The molecule has 0 fully saturated rings. The molecule has 0 heterocycles. The zero-order valence-corrected chi connectivity index (χ0v) is 7.23. The van der Waals surface area contributed by atoms with Gasteiger partial charge in [0.1, 0.15) is 12.6 Å². The molecule has 0 aliphatic heterocycles. The van der Waals surface area contributed by atoms with Crippen LogP contribution in [0.15, 0.2) is 12.7 Å². The standard InChI is InChI=1S/C8H13NO4/c1-2-5-13-8(12)6(9)3-4-7(10)11/h2,6H,1,3-5,9H2,(H,10,11). The first-order valence-corrected chi connectivity index (χ1v) is 3.82. The van der Waals surface area contributed by atoms with Gasteiger partial charge in [0.2, 0.25) is 0 Å². The smallest absolute Gasteiger partial charge is 0.323 e. The Kier molecular flexibility index (Phi) is 5.54. The van der Waals surface area contributed by atoms with Crippen molar-refractivity contribution in [3.05, 3.63) is 12.7 Å². The Balaban J connectivity index is 3.68. The maximum absolute atomic E-state index is 10.9. The number of hydrogen-bond donors (Lipinski definition) is 2. The molecule has 0 aromatic heterocycles. The number of carbonyl (C=O) groups excluding carboxylic acids is 1. The van der Waals surface area contributed by atoms with Gasteiger partial charge in [-0.2, -0.15) is 0 Å². The van der Waals surface area contributed by atoms with Gasteiger partial charge in [0.05, 0.1) is 0 Å². The second kappa shape index (κ2) is 6.19. The van der Waals surface area contributed by atoms with Crippen LogP contribution in [0.3, 0.4) is 0 Å². The quantitative estimate of drug-likeness (QED) is 0.448. The van der Waals surface area contributed by atoms with Crippen LogP contribution in [0.1, 0.15) is 12.8 Å². The van der Waals surface area contributed by atoms with Crippen LogP contribution in [0.2, 0.25) is 0 Å². The highest BCUT2D eigenvalue weighted by atomic mass is 16.5. The van der Waals surface area contributed by atoms with Crippen LogP contribution in [0.25, 0.3) is 0 Å². The van der Waals surface area contributed by atoms with Crippen LogP contribution < -0.4 is 5.73 Å². The maximum Gasteiger partial charge on any atom is 0.323 e. The van der Waals surface area contributed by atoms with Gasteiger partial charge in [-0.25, -0.2) is 0 Å². The number of ether oxygens (including phenoxy) is 1. The molecule has 13 heavy (non-hydrogen) atoms. The van der Waals surface area contributed by atoms with Gasteiger partial charge in [-0.1, -0.05) is 12.7 Å². The minimum Gasteiger partial charge on any atom is -0.481 e. The molecule has 0 spiro atoms. The summed E-state index contributed by atoms with van der Waals surface area (Å²) in [5.74, 6) is -1.58. The molecular formula is C8H13NO4. The fraction of sp³-hybridized carbons (Fsp3) is 0.500. The first kappa shape index (κ1) is 11.6. The Bertz CT molecular complexity index is 202. The van der Waals surface area contributed by atoms with Crippen LogP contribution in [-0.2, 0) is 14.3 Å². The third-order valence-electron chi connectivity index (χ3n) is 1.32. The van der Waals surface area contributed by atoms with E-state index in [-0.39, 0.29) is 19.4 Å². The van der Waals surface area contributed by atoms with Crippen molar-refractivity contribution in [1.29, 1.82) is 0 Å². The first-order valence-electron chi connectivity index (χ1n) is 3.82. The minimum atomic E-state index is -0.980. The number of esters is 1. The van der Waals surface area contributed by atoms with Crippen LogP contribution in [0.5, 0.6) is 0 Å². The number of rotatable bonds is 6. The molecular weight excluding hydrogens is 174 g/mol. The second-order valence-electron chi connectivity index (χ2n) is 2.46. The Morgan fingerprint density at radius 3 is 2.69 bits per heavy atom. The number of aliphatic carboxylic acids is 1. The fourth-order valence-corrected chi connectivity index (χ4v) is 0.645. The highest BCUT2D eigenvalue weighted by Gasteiger charge is 2.15. The molecule has 0 aliphatic carbocycles. The molecule has 5 heteroatoms. The molecule has 0 bridgehead atoms. The zero-order valence-electron chi connectivity index (χ0n) is 7.23. The summed E-state index contributed by atoms with van der Waals surface area (Å²) < 4.78 is 4.61. The van der Waals surface area contributed by atoms with Crippen molar-refractivity contribution in [2.75, 3.05) is 6.61 Å². The van der Waals surface area contributed by atoms with E-state index < -0.39 is 18.0 Å². The summed E-state index contributed by atoms with van der Waals surface area (Å²) in [5, 5.41) is 8.30. The summed E-state index contributed by atoms with van der Waals surface area (Å²) >= 11 is 0. The van der Waals surface area contributed by atoms with Crippen molar-refractivity contribution < 1.29 is 19.4 Å². The molecule has 3 N–H and O–H groups in total. The van der Waals surface area contributed by atoms with Crippen molar-refractivity contribution in [1.82, 2.24) is 0 Å². The van der Waals surface area contributed by atoms with Gasteiger partial charge in [-0.15, -0.1) is 0 Å². The molecule has 74 valence electrons. The molecule has 0 aromatic carbocycles. The molecule has 5 nitrogen and oxygen atoms in total. The number of nitrogens with two attached hydrogens (primary N) is 1. The van der Waals surface area contributed by atoms with Gasteiger partial charge in [0.25, 0.3) is 0 Å². The lowest BCUT2D eigenvalue weighted by Gasteiger charge is -2.08. The van der Waals surface area contributed by atoms with E-state index in [4.69, 9.17) is 10.8 Å². The molecule has 1 unspecified atom stereocenters. The topological polar surface area (TPSA) is 89.6 Å². The van der Waals surface area contributed by atoms with E-state index in [9.17, 15) is 9.59 Å². The lowest BCUT2D eigenvalue weighted by atomic mass is 10.2. The molecule has 0 saturated carbocycles. The van der Waals surface area contributed by atoms with Gasteiger partial charge in [-0.3, -0.25) is 9.59 Å². The average Bonchev–Trinajstić information content (AvgIpc) is 2.10. The van der Waals surface area contributed by atoms with E-state index in [0.29, 0.717) is 0 Å². The Hall–Kier alpha value is -1.36. The largest absolute Gasteiger partial charge is 0.481 e. The summed E-state index contributed by atoms with van der Waals surface area (Å²) in [6.45, 7) is 3.45. The van der Waals surface area contributed by atoms with Crippen molar-refractivity contribution >= 4 is 11.9 Å². The Morgan fingerprint density at radius 2 is 2.23 bits per heavy atom. The normalized spacial score (nSPS) is 11.8. The van der Waals surface area contributed by atoms with Crippen LogP contribution in [-0.4, -0.2) is 29.7 Å². The molecule has 0 amide bonds. The summed E-state index contributed by atoms with van der Waals surface area (Å²) in [5.41, 5.74) is 5.33. The maximum atomic E-state index is 10.9. The van der Waals surface area contributed by atoms with Gasteiger partial charge < -0.3 is 15.6 Å². The zero-order chi connectivity index (χ0) is 10.3. The molecule has 0 saturated heterocycles. The highest BCUT2D eigenvalue weighted by molar-refractivity contribution is 5.76. The van der Waals surface area contributed by atoms with Gasteiger partial charge in [0, 0.05) is 6.42 Å². The van der Waals surface area contributed by atoms with Crippen LogP contribution >= 0.6 is 0 Å².